The fourth-order valence-corrected chi connectivity index (χ4v) is 3.31. The van der Waals surface area contributed by atoms with Crippen LogP contribution in [-0.2, 0) is 19.6 Å². The first-order valence-electron chi connectivity index (χ1n) is 7.83. The Morgan fingerprint density at radius 2 is 2.00 bits per heavy atom. The van der Waals surface area contributed by atoms with Crippen LogP contribution in [0.5, 0.6) is 0 Å². The van der Waals surface area contributed by atoms with Gasteiger partial charge < -0.3 is 10.1 Å². The Morgan fingerprint density at radius 1 is 1.32 bits per heavy atom. The molecule has 0 saturated heterocycles. The number of unbranched alkanes of at least 4 members (excludes halogenated alkanes) is 1. The zero-order chi connectivity index (χ0) is 19.0. The third kappa shape index (κ3) is 6.55. The van der Waals surface area contributed by atoms with Gasteiger partial charge in [-0.15, -0.1) is 0 Å². The van der Waals surface area contributed by atoms with E-state index in [0.717, 1.165) is 23.4 Å². The standard InChI is InChI=1S/C16H23ClN2O5S/c1-4-5-9-18-15(20)8-10-19(25(3,22)23)14-11-12(16(21)24-2)6-7-13(14)17/h6-7,11H,4-5,8-10H2,1-3H3,(H,18,20). The van der Waals surface area contributed by atoms with Crippen LogP contribution in [0.15, 0.2) is 18.2 Å². The highest BCUT2D eigenvalue weighted by molar-refractivity contribution is 7.92. The zero-order valence-corrected chi connectivity index (χ0v) is 16.1. The minimum Gasteiger partial charge on any atom is -0.465 e. The molecule has 0 unspecified atom stereocenters. The number of halogens is 1. The third-order valence-electron chi connectivity index (χ3n) is 3.43. The SMILES string of the molecule is CCCCNC(=O)CCN(c1cc(C(=O)OC)ccc1Cl)S(C)(=O)=O. The first-order valence-corrected chi connectivity index (χ1v) is 10.1. The number of hydrogen-bond acceptors (Lipinski definition) is 5. The van der Waals surface area contributed by atoms with Gasteiger partial charge >= 0.3 is 5.97 Å². The molecule has 140 valence electrons. The Balaban J connectivity index is 3.01. The highest BCUT2D eigenvalue weighted by Gasteiger charge is 2.22. The number of amides is 1. The van der Waals surface area contributed by atoms with Gasteiger partial charge in [0, 0.05) is 19.5 Å². The van der Waals surface area contributed by atoms with Gasteiger partial charge in [0.25, 0.3) is 0 Å². The van der Waals surface area contributed by atoms with Crippen molar-refractivity contribution in [2.45, 2.75) is 26.2 Å². The van der Waals surface area contributed by atoms with Crippen LogP contribution < -0.4 is 9.62 Å². The molecule has 1 amide bonds. The first kappa shape index (κ1) is 21.2. The topological polar surface area (TPSA) is 92.8 Å². The lowest BCUT2D eigenvalue weighted by Crippen LogP contribution is -2.35. The van der Waals surface area contributed by atoms with Crippen molar-refractivity contribution in [2.24, 2.45) is 0 Å². The number of hydrogen-bond donors (Lipinski definition) is 1. The van der Waals surface area contributed by atoms with Crippen molar-refractivity contribution in [1.82, 2.24) is 5.32 Å². The second-order valence-corrected chi connectivity index (χ2v) is 7.76. The van der Waals surface area contributed by atoms with E-state index in [0.29, 0.717) is 6.54 Å². The summed E-state index contributed by atoms with van der Waals surface area (Å²) < 4.78 is 29.9. The van der Waals surface area contributed by atoms with E-state index in [1.165, 1.54) is 25.3 Å². The lowest BCUT2D eigenvalue weighted by atomic mass is 10.2. The zero-order valence-electron chi connectivity index (χ0n) is 14.5. The van der Waals surface area contributed by atoms with E-state index in [4.69, 9.17) is 11.6 Å². The summed E-state index contributed by atoms with van der Waals surface area (Å²) in [6, 6.07) is 4.20. The van der Waals surface area contributed by atoms with Gasteiger partial charge in [-0.25, -0.2) is 13.2 Å². The maximum absolute atomic E-state index is 12.1. The minimum absolute atomic E-state index is 0.0183. The van der Waals surface area contributed by atoms with Crippen LogP contribution >= 0.6 is 11.6 Å². The van der Waals surface area contributed by atoms with Crippen LogP contribution in [0.1, 0.15) is 36.5 Å². The Labute approximate surface area is 153 Å². The van der Waals surface area contributed by atoms with E-state index >= 15 is 0 Å². The number of nitrogens with one attached hydrogen (secondary N) is 1. The van der Waals surface area contributed by atoms with Gasteiger partial charge in [-0.1, -0.05) is 24.9 Å². The van der Waals surface area contributed by atoms with E-state index in [9.17, 15) is 18.0 Å². The Bertz CT molecular complexity index is 721. The number of anilines is 1. The fourth-order valence-electron chi connectivity index (χ4n) is 2.11. The second kappa shape index (κ2) is 9.62. The molecule has 0 aliphatic carbocycles. The summed E-state index contributed by atoms with van der Waals surface area (Å²) >= 11 is 6.10. The molecule has 0 fully saturated rings. The van der Waals surface area contributed by atoms with Crippen molar-refractivity contribution in [3.63, 3.8) is 0 Å². The summed E-state index contributed by atoms with van der Waals surface area (Å²) in [6.45, 7) is 2.47. The lowest BCUT2D eigenvalue weighted by Gasteiger charge is -2.23. The fraction of sp³-hybridized carbons (Fsp3) is 0.500. The monoisotopic (exact) mass is 390 g/mol. The van der Waals surface area contributed by atoms with Crippen molar-refractivity contribution in [2.75, 3.05) is 30.8 Å². The van der Waals surface area contributed by atoms with Crippen LogP contribution in [0.4, 0.5) is 5.69 Å². The smallest absolute Gasteiger partial charge is 0.337 e. The van der Waals surface area contributed by atoms with Gasteiger partial charge in [0.05, 0.1) is 29.6 Å². The highest BCUT2D eigenvalue weighted by Crippen LogP contribution is 2.29. The van der Waals surface area contributed by atoms with E-state index < -0.39 is 16.0 Å². The number of carbonyl (C=O) groups is 2. The van der Waals surface area contributed by atoms with E-state index in [-0.39, 0.29) is 35.1 Å². The molecular weight excluding hydrogens is 368 g/mol. The van der Waals surface area contributed by atoms with Crippen molar-refractivity contribution < 1.29 is 22.7 Å². The normalized spacial score (nSPS) is 11.0. The number of ether oxygens (including phenoxy) is 1. The van der Waals surface area contributed by atoms with Crippen molar-refractivity contribution in [3.05, 3.63) is 28.8 Å². The summed E-state index contributed by atoms with van der Waals surface area (Å²) in [5, 5.41) is 2.88. The van der Waals surface area contributed by atoms with Crippen molar-refractivity contribution >= 4 is 39.2 Å². The molecule has 0 aliphatic heterocycles. The molecule has 0 radical (unpaired) electrons. The first-order chi connectivity index (χ1) is 11.7. The molecule has 1 rings (SSSR count). The van der Waals surface area contributed by atoms with E-state index in [1.807, 2.05) is 6.92 Å². The molecule has 7 nitrogen and oxygen atoms in total. The van der Waals surface area contributed by atoms with Crippen LogP contribution in [0.3, 0.4) is 0 Å². The summed E-state index contributed by atoms with van der Waals surface area (Å²) in [4.78, 5) is 23.5. The molecule has 0 bridgehead atoms. The minimum atomic E-state index is -3.69. The second-order valence-electron chi connectivity index (χ2n) is 5.45. The number of methoxy groups -OCH3 is 1. The van der Waals surface area contributed by atoms with Crippen LogP contribution in [-0.4, -0.2) is 46.7 Å². The lowest BCUT2D eigenvalue weighted by molar-refractivity contribution is -0.120. The Morgan fingerprint density at radius 3 is 2.56 bits per heavy atom. The summed E-state index contributed by atoms with van der Waals surface area (Å²) in [5.74, 6) is -0.856. The predicted molar refractivity (Wildman–Crippen MR) is 97.5 cm³/mol. The van der Waals surface area contributed by atoms with E-state index in [1.54, 1.807) is 0 Å². The maximum Gasteiger partial charge on any atom is 0.337 e. The largest absolute Gasteiger partial charge is 0.465 e. The molecule has 0 saturated carbocycles. The molecule has 0 aromatic heterocycles. The number of sulfonamides is 1. The van der Waals surface area contributed by atoms with Gasteiger partial charge in [0.2, 0.25) is 15.9 Å². The molecule has 25 heavy (non-hydrogen) atoms. The Hall–Kier alpha value is -1.80. The quantitative estimate of drug-likeness (QED) is 0.515. The Kier molecular flexibility index (Phi) is 8.18. The van der Waals surface area contributed by atoms with E-state index in [2.05, 4.69) is 10.1 Å². The van der Waals surface area contributed by atoms with Gasteiger partial charge in [0.1, 0.15) is 0 Å². The predicted octanol–water partition coefficient (Wildman–Crippen LogP) is 2.20. The summed E-state index contributed by atoms with van der Waals surface area (Å²) in [7, 11) is -2.47. The summed E-state index contributed by atoms with van der Waals surface area (Å²) in [6.07, 6.45) is 2.80. The molecule has 0 spiro atoms. The average Bonchev–Trinajstić information content (AvgIpc) is 2.55. The maximum atomic E-state index is 12.1. The third-order valence-corrected chi connectivity index (χ3v) is 4.93. The number of benzene rings is 1. The van der Waals surface area contributed by atoms with Gasteiger partial charge in [0.15, 0.2) is 0 Å². The van der Waals surface area contributed by atoms with Crippen LogP contribution in [0.25, 0.3) is 0 Å². The van der Waals surface area contributed by atoms with Crippen LogP contribution in [0.2, 0.25) is 5.02 Å². The molecule has 1 aromatic carbocycles. The molecule has 1 aromatic rings. The number of carbonyl (C=O) groups excluding carboxylic acids is 2. The van der Waals surface area contributed by atoms with Gasteiger partial charge in [-0.2, -0.15) is 0 Å². The number of rotatable bonds is 9. The summed E-state index contributed by atoms with van der Waals surface area (Å²) in [5.41, 5.74) is 0.302. The van der Waals surface area contributed by atoms with Gasteiger partial charge in [-0.05, 0) is 24.6 Å². The molecule has 0 heterocycles. The number of nitrogens with zero attached hydrogens (tertiary/aromatic N) is 1. The molecule has 0 atom stereocenters. The number of esters is 1. The van der Waals surface area contributed by atoms with Gasteiger partial charge in [-0.3, -0.25) is 9.10 Å². The molecule has 1 N–H and O–H groups in total. The molecule has 0 aliphatic rings. The van der Waals surface area contributed by atoms with Crippen molar-refractivity contribution in [3.8, 4) is 0 Å². The van der Waals surface area contributed by atoms with Crippen LogP contribution in [0, 0.1) is 0 Å². The highest BCUT2D eigenvalue weighted by atomic mass is 35.5. The average molecular weight is 391 g/mol. The van der Waals surface area contributed by atoms with Crippen molar-refractivity contribution in [1.29, 1.82) is 0 Å². The molecular formula is C16H23ClN2O5S. The molecule has 9 heteroatoms.